The minimum Gasteiger partial charge on any atom is -0.444 e. The Morgan fingerprint density at radius 1 is 1.06 bits per heavy atom. The highest BCUT2D eigenvalue weighted by Crippen LogP contribution is 2.28. The second-order valence-corrected chi connectivity index (χ2v) is 6.67. The molecule has 0 spiro atoms. The fourth-order valence-electron chi connectivity index (χ4n) is 2.63. The monoisotopic (exact) mass is 554 g/mol. The van der Waals surface area contributed by atoms with Crippen molar-refractivity contribution in [3.8, 4) is 23.3 Å². The zero-order valence-electron chi connectivity index (χ0n) is 17.5. The fourth-order valence-corrected chi connectivity index (χ4v) is 2.63. The second kappa shape index (κ2) is 11.6. The average molecular weight is 554 g/mol. The van der Waals surface area contributed by atoms with Crippen LogP contribution in [0.5, 0.6) is 0 Å². The smallest absolute Gasteiger partial charge is 0.416 e. The lowest BCUT2D eigenvalue weighted by molar-refractivity contribution is -0.137. The third kappa shape index (κ3) is 7.30. The van der Waals surface area contributed by atoms with Crippen molar-refractivity contribution in [1.82, 2.24) is 15.6 Å². The first-order chi connectivity index (χ1) is 14.8. The number of guanidine groups is 1. The van der Waals surface area contributed by atoms with Gasteiger partial charge in [0.05, 0.1) is 24.3 Å². The first-order valence-electron chi connectivity index (χ1n) is 9.47. The van der Waals surface area contributed by atoms with Gasteiger partial charge in [0.2, 0.25) is 5.89 Å². The van der Waals surface area contributed by atoms with Crippen molar-refractivity contribution in [3.63, 3.8) is 0 Å². The molecule has 168 valence electrons. The Bertz CT molecular complexity index is 1100. The van der Waals surface area contributed by atoms with Crippen LogP contribution in [0.15, 0.2) is 64.2 Å². The number of hydrogen-bond acceptors (Lipinski definition) is 3. The first kappa shape index (κ1) is 25.3. The molecule has 0 aliphatic rings. The number of halogens is 4. The van der Waals surface area contributed by atoms with Crippen LogP contribution in [0, 0.1) is 18.8 Å². The SMILES string of the molecule is CN=C(NCC#Cc1ccc(C(F)(F)F)cc1)NCc1coc(-c2ccc(C)cc2)n1.I. The molecule has 0 bridgehead atoms. The summed E-state index contributed by atoms with van der Waals surface area (Å²) in [5.41, 5.74) is 2.59. The molecule has 0 atom stereocenters. The number of nitrogens with zero attached hydrogens (tertiary/aromatic N) is 2. The molecular formula is C23H22F3IN4O. The van der Waals surface area contributed by atoms with E-state index in [9.17, 15) is 13.2 Å². The van der Waals surface area contributed by atoms with E-state index in [0.717, 1.165) is 29.0 Å². The van der Waals surface area contributed by atoms with Crippen molar-refractivity contribution in [2.24, 2.45) is 4.99 Å². The minimum atomic E-state index is -4.35. The molecule has 1 heterocycles. The number of aliphatic imine (C=N–C) groups is 1. The van der Waals surface area contributed by atoms with Crippen LogP contribution in [0.4, 0.5) is 13.2 Å². The molecule has 32 heavy (non-hydrogen) atoms. The molecule has 0 unspecified atom stereocenters. The van der Waals surface area contributed by atoms with Gasteiger partial charge in [0.15, 0.2) is 5.96 Å². The molecule has 2 aromatic carbocycles. The van der Waals surface area contributed by atoms with Gasteiger partial charge in [-0.2, -0.15) is 13.2 Å². The fraction of sp³-hybridized carbons (Fsp3) is 0.217. The van der Waals surface area contributed by atoms with Crippen LogP contribution >= 0.6 is 24.0 Å². The number of nitrogens with one attached hydrogen (secondary N) is 2. The predicted octanol–water partition coefficient (Wildman–Crippen LogP) is 5.00. The summed E-state index contributed by atoms with van der Waals surface area (Å²) >= 11 is 0. The highest BCUT2D eigenvalue weighted by Gasteiger charge is 2.29. The summed E-state index contributed by atoms with van der Waals surface area (Å²) in [6.07, 6.45) is -2.77. The first-order valence-corrected chi connectivity index (χ1v) is 9.47. The lowest BCUT2D eigenvalue weighted by atomic mass is 10.1. The average Bonchev–Trinajstić information content (AvgIpc) is 3.22. The van der Waals surface area contributed by atoms with Gasteiger partial charge in [-0.3, -0.25) is 4.99 Å². The van der Waals surface area contributed by atoms with E-state index in [-0.39, 0.29) is 30.5 Å². The van der Waals surface area contributed by atoms with Gasteiger partial charge in [0, 0.05) is 18.2 Å². The molecule has 9 heteroatoms. The zero-order valence-corrected chi connectivity index (χ0v) is 19.8. The number of hydrogen-bond donors (Lipinski definition) is 2. The van der Waals surface area contributed by atoms with Crippen molar-refractivity contribution >= 4 is 29.9 Å². The molecule has 0 saturated heterocycles. The highest BCUT2D eigenvalue weighted by atomic mass is 127. The summed E-state index contributed by atoms with van der Waals surface area (Å²) in [6, 6.07) is 12.6. The molecule has 0 radical (unpaired) electrons. The molecule has 3 aromatic rings. The summed E-state index contributed by atoms with van der Waals surface area (Å²) < 4.78 is 43.3. The van der Waals surface area contributed by atoms with E-state index in [4.69, 9.17) is 4.42 Å². The Morgan fingerprint density at radius 2 is 1.75 bits per heavy atom. The van der Waals surface area contributed by atoms with Gasteiger partial charge in [-0.25, -0.2) is 4.98 Å². The molecule has 0 saturated carbocycles. The van der Waals surface area contributed by atoms with E-state index in [1.807, 2.05) is 31.2 Å². The van der Waals surface area contributed by atoms with Crippen LogP contribution < -0.4 is 10.6 Å². The molecule has 0 aliphatic carbocycles. The van der Waals surface area contributed by atoms with E-state index in [1.54, 1.807) is 13.3 Å². The Hall–Kier alpha value is -3.00. The number of aryl methyl sites for hydroxylation is 1. The molecule has 0 aliphatic heterocycles. The number of oxazole rings is 1. The largest absolute Gasteiger partial charge is 0.444 e. The third-order valence-corrected chi connectivity index (χ3v) is 4.30. The van der Waals surface area contributed by atoms with Crippen LogP contribution in [-0.2, 0) is 12.7 Å². The maximum absolute atomic E-state index is 12.6. The summed E-state index contributed by atoms with van der Waals surface area (Å²) in [7, 11) is 1.62. The second-order valence-electron chi connectivity index (χ2n) is 6.67. The highest BCUT2D eigenvalue weighted by molar-refractivity contribution is 14.0. The van der Waals surface area contributed by atoms with Gasteiger partial charge in [-0.05, 0) is 43.3 Å². The van der Waals surface area contributed by atoms with E-state index in [1.165, 1.54) is 12.1 Å². The Kier molecular flexibility index (Phi) is 9.13. The van der Waals surface area contributed by atoms with Crippen molar-refractivity contribution < 1.29 is 17.6 Å². The van der Waals surface area contributed by atoms with Crippen LogP contribution in [0.1, 0.15) is 22.4 Å². The van der Waals surface area contributed by atoms with Crippen molar-refractivity contribution in [2.75, 3.05) is 13.6 Å². The summed E-state index contributed by atoms with van der Waals surface area (Å²) in [5.74, 6) is 6.73. The van der Waals surface area contributed by atoms with Gasteiger partial charge >= 0.3 is 6.18 Å². The van der Waals surface area contributed by atoms with Gasteiger partial charge in [-0.15, -0.1) is 24.0 Å². The molecular weight excluding hydrogens is 532 g/mol. The molecule has 1 aromatic heterocycles. The quantitative estimate of drug-likeness (QED) is 0.206. The minimum absolute atomic E-state index is 0. The molecule has 3 rings (SSSR count). The molecule has 5 nitrogen and oxygen atoms in total. The van der Waals surface area contributed by atoms with Crippen molar-refractivity contribution in [3.05, 3.63) is 77.2 Å². The molecule has 0 fully saturated rings. The number of rotatable bonds is 4. The van der Waals surface area contributed by atoms with Crippen LogP contribution in [0.25, 0.3) is 11.5 Å². The van der Waals surface area contributed by atoms with E-state index in [0.29, 0.717) is 24.0 Å². The predicted molar refractivity (Wildman–Crippen MR) is 129 cm³/mol. The van der Waals surface area contributed by atoms with E-state index in [2.05, 4.69) is 32.5 Å². The molecule has 0 amide bonds. The van der Waals surface area contributed by atoms with Crippen molar-refractivity contribution in [2.45, 2.75) is 19.6 Å². The Labute approximate surface area is 201 Å². The van der Waals surface area contributed by atoms with Crippen LogP contribution in [-0.4, -0.2) is 24.5 Å². The van der Waals surface area contributed by atoms with E-state index < -0.39 is 11.7 Å². The van der Waals surface area contributed by atoms with Crippen LogP contribution in [0.3, 0.4) is 0 Å². The van der Waals surface area contributed by atoms with Gasteiger partial charge < -0.3 is 15.1 Å². The standard InChI is InChI=1S/C23H21F3N4O.HI/c1-16-5-9-18(10-6-16)21-30-20(15-31-21)14-29-22(27-2)28-13-3-4-17-7-11-19(12-8-17)23(24,25)26;/h5-12,15H,13-14H2,1-2H3,(H2,27,28,29);1H. The summed E-state index contributed by atoms with van der Waals surface area (Å²) in [4.78, 5) is 8.56. The maximum Gasteiger partial charge on any atom is 0.416 e. The summed E-state index contributed by atoms with van der Waals surface area (Å²) in [6.45, 7) is 2.69. The topological polar surface area (TPSA) is 62.5 Å². The van der Waals surface area contributed by atoms with E-state index >= 15 is 0 Å². The Morgan fingerprint density at radius 3 is 2.38 bits per heavy atom. The van der Waals surface area contributed by atoms with Gasteiger partial charge in [-0.1, -0.05) is 29.5 Å². The van der Waals surface area contributed by atoms with Crippen molar-refractivity contribution in [1.29, 1.82) is 0 Å². The lowest BCUT2D eigenvalue weighted by Crippen LogP contribution is -2.37. The number of benzene rings is 2. The van der Waals surface area contributed by atoms with Crippen LogP contribution in [0.2, 0.25) is 0 Å². The lowest BCUT2D eigenvalue weighted by Gasteiger charge is -2.08. The number of aromatic nitrogens is 1. The van der Waals surface area contributed by atoms with Gasteiger partial charge in [0.25, 0.3) is 0 Å². The third-order valence-electron chi connectivity index (χ3n) is 4.30. The van der Waals surface area contributed by atoms with Gasteiger partial charge in [0.1, 0.15) is 6.26 Å². The normalized spacial score (nSPS) is 11.2. The summed E-state index contributed by atoms with van der Waals surface area (Å²) in [5, 5.41) is 6.12. The molecule has 2 N–H and O–H groups in total. The Balaban J connectivity index is 0.00000363. The number of alkyl halides is 3. The zero-order chi connectivity index (χ0) is 22.3. The maximum atomic E-state index is 12.6.